The molecule has 2 aliphatic heterocycles. The Kier molecular flexibility index (Phi) is 3.84. The van der Waals surface area contributed by atoms with Crippen LogP contribution in [0, 0.1) is 0 Å². The Labute approximate surface area is 139 Å². The molecule has 126 valence electrons. The van der Waals surface area contributed by atoms with Gasteiger partial charge in [0.2, 0.25) is 5.91 Å². The second-order valence-corrected chi connectivity index (χ2v) is 6.46. The van der Waals surface area contributed by atoms with Crippen LogP contribution in [0.3, 0.4) is 0 Å². The predicted octanol–water partition coefficient (Wildman–Crippen LogP) is 0.982. The van der Waals surface area contributed by atoms with Crippen LogP contribution in [0.4, 0.5) is 0 Å². The summed E-state index contributed by atoms with van der Waals surface area (Å²) >= 11 is 0. The number of benzene rings is 1. The Balaban J connectivity index is 1.43. The van der Waals surface area contributed by atoms with Crippen LogP contribution in [-0.4, -0.2) is 45.7 Å². The summed E-state index contributed by atoms with van der Waals surface area (Å²) in [6.07, 6.45) is 3.16. The number of carbonyl (C=O) groups excluding carboxylic acids is 1. The molecule has 7 nitrogen and oxygen atoms in total. The van der Waals surface area contributed by atoms with Gasteiger partial charge in [0.25, 0.3) is 0 Å². The lowest BCUT2D eigenvalue weighted by Gasteiger charge is -2.31. The van der Waals surface area contributed by atoms with Gasteiger partial charge in [-0.15, -0.1) is 0 Å². The molecule has 24 heavy (non-hydrogen) atoms. The van der Waals surface area contributed by atoms with Crippen LogP contribution in [0.15, 0.2) is 23.0 Å². The number of nitrogens with zero attached hydrogens (tertiary/aromatic N) is 2. The molecule has 2 N–H and O–H groups in total. The van der Waals surface area contributed by atoms with Crippen molar-refractivity contribution < 1.29 is 9.53 Å². The largest absolute Gasteiger partial charge is 0.493 e. The van der Waals surface area contributed by atoms with Crippen molar-refractivity contribution in [3.8, 4) is 5.75 Å². The molecular weight excluding hydrogens is 308 g/mol. The fourth-order valence-corrected chi connectivity index (χ4v) is 3.54. The molecule has 0 radical (unpaired) electrons. The molecule has 0 aliphatic carbocycles. The minimum atomic E-state index is -0.297. The normalized spacial score (nSPS) is 19.8. The van der Waals surface area contributed by atoms with Gasteiger partial charge < -0.3 is 9.64 Å². The Morgan fingerprint density at radius 1 is 1.42 bits per heavy atom. The van der Waals surface area contributed by atoms with E-state index in [1.54, 1.807) is 0 Å². The van der Waals surface area contributed by atoms with Gasteiger partial charge in [-0.05, 0) is 30.0 Å². The average Bonchev–Trinajstić information content (AvgIpc) is 3.23. The van der Waals surface area contributed by atoms with Gasteiger partial charge in [-0.2, -0.15) is 5.10 Å². The number of piperidine rings is 1. The number of aromatic amines is 2. The fourth-order valence-electron chi connectivity index (χ4n) is 3.54. The third kappa shape index (κ3) is 2.93. The van der Waals surface area contributed by atoms with E-state index in [2.05, 4.69) is 21.2 Å². The molecule has 0 saturated carbocycles. The SMILES string of the molecule is O=C(Cc1ccc2c(c1)CCO2)N1CCC[C@@H](c2n[nH]c(=O)[nH]2)C1. The maximum atomic E-state index is 12.6. The smallest absolute Gasteiger partial charge is 0.340 e. The lowest BCUT2D eigenvalue weighted by atomic mass is 9.96. The number of hydrogen-bond acceptors (Lipinski definition) is 4. The first-order valence-electron chi connectivity index (χ1n) is 8.36. The molecule has 0 spiro atoms. The minimum absolute atomic E-state index is 0.0927. The van der Waals surface area contributed by atoms with E-state index in [-0.39, 0.29) is 17.5 Å². The zero-order chi connectivity index (χ0) is 16.5. The van der Waals surface area contributed by atoms with Crippen LogP contribution in [0.1, 0.15) is 35.7 Å². The maximum Gasteiger partial charge on any atom is 0.340 e. The van der Waals surface area contributed by atoms with E-state index in [1.165, 1.54) is 5.56 Å². The number of aromatic nitrogens is 3. The minimum Gasteiger partial charge on any atom is -0.493 e. The molecule has 2 aliphatic rings. The summed E-state index contributed by atoms with van der Waals surface area (Å²) in [5.74, 6) is 1.80. The molecule has 1 amide bonds. The monoisotopic (exact) mass is 328 g/mol. The number of hydrogen-bond donors (Lipinski definition) is 2. The Morgan fingerprint density at radius 3 is 3.17 bits per heavy atom. The number of nitrogens with one attached hydrogen (secondary N) is 2. The molecule has 0 unspecified atom stereocenters. The summed E-state index contributed by atoms with van der Waals surface area (Å²) in [5.41, 5.74) is 1.92. The highest BCUT2D eigenvalue weighted by Gasteiger charge is 2.27. The van der Waals surface area contributed by atoms with Crippen molar-refractivity contribution in [3.05, 3.63) is 45.6 Å². The molecule has 1 atom stereocenters. The zero-order valence-electron chi connectivity index (χ0n) is 13.4. The summed E-state index contributed by atoms with van der Waals surface area (Å²) in [4.78, 5) is 28.5. The van der Waals surface area contributed by atoms with Gasteiger partial charge in [0.05, 0.1) is 13.0 Å². The Morgan fingerprint density at radius 2 is 2.33 bits per heavy atom. The molecule has 1 aromatic heterocycles. The van der Waals surface area contributed by atoms with Gasteiger partial charge in [0, 0.05) is 25.4 Å². The molecule has 4 rings (SSSR count). The summed E-state index contributed by atoms with van der Waals surface area (Å²) in [6, 6.07) is 6.00. The summed E-state index contributed by atoms with van der Waals surface area (Å²) < 4.78 is 5.51. The number of H-pyrrole nitrogens is 2. The van der Waals surface area contributed by atoms with Gasteiger partial charge >= 0.3 is 5.69 Å². The van der Waals surface area contributed by atoms with Crippen molar-refractivity contribution in [1.29, 1.82) is 0 Å². The summed E-state index contributed by atoms with van der Waals surface area (Å²) in [5, 5.41) is 6.41. The van der Waals surface area contributed by atoms with Crippen molar-refractivity contribution in [3.63, 3.8) is 0 Å². The second-order valence-electron chi connectivity index (χ2n) is 6.46. The second kappa shape index (κ2) is 6.14. The van der Waals surface area contributed by atoms with Crippen molar-refractivity contribution in [2.24, 2.45) is 0 Å². The van der Waals surface area contributed by atoms with Crippen LogP contribution in [0.25, 0.3) is 0 Å². The van der Waals surface area contributed by atoms with Crippen molar-refractivity contribution in [2.75, 3.05) is 19.7 Å². The quantitative estimate of drug-likeness (QED) is 0.879. The number of carbonyl (C=O) groups is 1. The first kappa shape index (κ1) is 15.0. The highest BCUT2D eigenvalue weighted by Crippen LogP contribution is 2.27. The molecule has 7 heteroatoms. The van der Waals surface area contributed by atoms with Gasteiger partial charge in [0.1, 0.15) is 11.6 Å². The standard InChI is InChI=1S/C17H20N4O3/c22-15(9-11-3-4-14-12(8-11)5-7-24-14)21-6-1-2-13(10-21)16-18-17(23)20-19-16/h3-4,8,13H,1-2,5-7,9-10H2,(H2,18,19,20,23)/t13-/m1/s1. The topological polar surface area (TPSA) is 91.1 Å². The first-order valence-corrected chi connectivity index (χ1v) is 8.36. The van der Waals surface area contributed by atoms with Gasteiger partial charge in [-0.1, -0.05) is 12.1 Å². The molecule has 3 heterocycles. The highest BCUT2D eigenvalue weighted by atomic mass is 16.5. The molecular formula is C17H20N4O3. The van der Waals surface area contributed by atoms with Gasteiger partial charge in [-0.25, -0.2) is 9.89 Å². The highest BCUT2D eigenvalue weighted by molar-refractivity contribution is 5.79. The van der Waals surface area contributed by atoms with Crippen LogP contribution >= 0.6 is 0 Å². The molecule has 0 bridgehead atoms. The maximum absolute atomic E-state index is 12.6. The summed E-state index contributed by atoms with van der Waals surface area (Å²) in [7, 11) is 0. The van der Waals surface area contributed by atoms with E-state index >= 15 is 0 Å². The number of ether oxygens (including phenoxy) is 1. The van der Waals surface area contributed by atoms with E-state index in [4.69, 9.17) is 4.74 Å². The fraction of sp³-hybridized carbons (Fsp3) is 0.471. The van der Waals surface area contributed by atoms with E-state index < -0.39 is 0 Å². The summed E-state index contributed by atoms with van der Waals surface area (Å²) in [6.45, 7) is 2.09. The van der Waals surface area contributed by atoms with E-state index in [9.17, 15) is 9.59 Å². The number of amides is 1. The van der Waals surface area contributed by atoms with Crippen LogP contribution < -0.4 is 10.4 Å². The van der Waals surface area contributed by atoms with Crippen LogP contribution in [0.5, 0.6) is 5.75 Å². The number of likely N-dealkylation sites (tertiary alicyclic amines) is 1. The van der Waals surface area contributed by atoms with Crippen molar-refractivity contribution >= 4 is 5.91 Å². The lowest BCUT2D eigenvalue weighted by Crippen LogP contribution is -2.40. The predicted molar refractivity (Wildman–Crippen MR) is 87.1 cm³/mol. The lowest BCUT2D eigenvalue weighted by molar-refractivity contribution is -0.131. The number of fused-ring (bicyclic) bond motifs is 1. The van der Waals surface area contributed by atoms with Crippen molar-refractivity contribution in [2.45, 2.75) is 31.6 Å². The zero-order valence-corrected chi connectivity index (χ0v) is 13.4. The van der Waals surface area contributed by atoms with Crippen LogP contribution in [0.2, 0.25) is 0 Å². The number of rotatable bonds is 3. The third-order valence-electron chi connectivity index (χ3n) is 4.79. The van der Waals surface area contributed by atoms with Gasteiger partial charge in [0.15, 0.2) is 0 Å². The molecule has 1 fully saturated rings. The van der Waals surface area contributed by atoms with Crippen LogP contribution in [-0.2, 0) is 17.6 Å². The van der Waals surface area contributed by atoms with E-state index in [0.29, 0.717) is 18.8 Å². The van der Waals surface area contributed by atoms with Crippen molar-refractivity contribution in [1.82, 2.24) is 20.1 Å². The molecule has 1 saturated heterocycles. The first-order chi connectivity index (χ1) is 11.7. The van der Waals surface area contributed by atoms with Gasteiger partial charge in [-0.3, -0.25) is 9.78 Å². The molecule has 1 aromatic carbocycles. The van der Waals surface area contributed by atoms with E-state index in [1.807, 2.05) is 17.0 Å². The average molecular weight is 328 g/mol. The van der Waals surface area contributed by atoms with E-state index in [0.717, 1.165) is 43.7 Å². The third-order valence-corrected chi connectivity index (χ3v) is 4.79. The Bertz CT molecular complexity index is 810. The Hall–Kier alpha value is -2.57. The molecule has 2 aromatic rings.